The van der Waals surface area contributed by atoms with Crippen LogP contribution in [0.5, 0.6) is 5.75 Å². The van der Waals surface area contributed by atoms with Crippen molar-refractivity contribution in [2.24, 2.45) is 0 Å². The SMILES string of the molecule is Cc1cccc(OCCCC#N)c1. The summed E-state index contributed by atoms with van der Waals surface area (Å²) in [6.45, 7) is 2.65. The van der Waals surface area contributed by atoms with Gasteiger partial charge in [-0.3, -0.25) is 0 Å². The van der Waals surface area contributed by atoms with E-state index in [1.807, 2.05) is 31.2 Å². The Labute approximate surface area is 78.8 Å². The molecule has 0 heterocycles. The zero-order valence-electron chi connectivity index (χ0n) is 7.79. The van der Waals surface area contributed by atoms with Crippen molar-refractivity contribution in [3.05, 3.63) is 29.8 Å². The molecular formula is C11H13NO. The second kappa shape index (κ2) is 5.21. The number of rotatable bonds is 4. The van der Waals surface area contributed by atoms with Gasteiger partial charge in [0.15, 0.2) is 0 Å². The van der Waals surface area contributed by atoms with Crippen LogP contribution in [-0.4, -0.2) is 6.61 Å². The maximum atomic E-state index is 8.30. The first kappa shape index (κ1) is 9.60. The van der Waals surface area contributed by atoms with Crippen molar-refractivity contribution < 1.29 is 4.74 Å². The van der Waals surface area contributed by atoms with Crippen LogP contribution in [0, 0.1) is 18.3 Å². The molecule has 0 saturated carbocycles. The van der Waals surface area contributed by atoms with E-state index in [-0.39, 0.29) is 0 Å². The van der Waals surface area contributed by atoms with Crippen LogP contribution in [0.3, 0.4) is 0 Å². The summed E-state index contributed by atoms with van der Waals surface area (Å²) in [5.41, 5.74) is 1.19. The van der Waals surface area contributed by atoms with E-state index in [0.717, 1.165) is 12.2 Å². The van der Waals surface area contributed by atoms with E-state index in [4.69, 9.17) is 10.00 Å². The first-order valence-corrected chi connectivity index (χ1v) is 4.39. The van der Waals surface area contributed by atoms with Gasteiger partial charge in [0.25, 0.3) is 0 Å². The Balaban J connectivity index is 2.33. The fourth-order valence-electron chi connectivity index (χ4n) is 1.05. The van der Waals surface area contributed by atoms with Crippen LogP contribution in [0.25, 0.3) is 0 Å². The Morgan fingerprint density at radius 2 is 2.31 bits per heavy atom. The summed E-state index contributed by atoms with van der Waals surface area (Å²) in [7, 11) is 0. The molecule has 0 saturated heterocycles. The van der Waals surface area contributed by atoms with Crippen LogP contribution < -0.4 is 4.74 Å². The zero-order valence-corrected chi connectivity index (χ0v) is 7.79. The molecule has 0 aliphatic heterocycles. The number of nitrogens with zero attached hydrogens (tertiary/aromatic N) is 1. The van der Waals surface area contributed by atoms with Gasteiger partial charge in [0.2, 0.25) is 0 Å². The standard InChI is InChI=1S/C11H13NO/c1-10-5-4-6-11(9-10)13-8-3-2-7-12/h4-6,9H,2-3,8H2,1H3. The van der Waals surface area contributed by atoms with Gasteiger partial charge < -0.3 is 4.74 Å². The van der Waals surface area contributed by atoms with E-state index in [9.17, 15) is 0 Å². The number of hydrogen-bond acceptors (Lipinski definition) is 2. The van der Waals surface area contributed by atoms with E-state index in [1.54, 1.807) is 0 Å². The lowest BCUT2D eigenvalue weighted by atomic mass is 10.2. The van der Waals surface area contributed by atoms with Crippen molar-refractivity contribution in [2.45, 2.75) is 19.8 Å². The molecule has 0 aliphatic carbocycles. The summed E-state index contributed by atoms with van der Waals surface area (Å²) in [5.74, 6) is 0.887. The number of unbranched alkanes of at least 4 members (excludes halogenated alkanes) is 1. The minimum absolute atomic E-state index is 0.561. The van der Waals surface area contributed by atoms with Crippen molar-refractivity contribution in [1.29, 1.82) is 5.26 Å². The van der Waals surface area contributed by atoms with Crippen molar-refractivity contribution in [2.75, 3.05) is 6.61 Å². The van der Waals surface area contributed by atoms with Crippen LogP contribution in [0.4, 0.5) is 0 Å². The summed E-state index contributed by atoms with van der Waals surface area (Å²) in [6, 6.07) is 10.0. The van der Waals surface area contributed by atoms with Gasteiger partial charge in [-0.05, 0) is 31.0 Å². The summed E-state index contributed by atoms with van der Waals surface area (Å²) < 4.78 is 5.44. The number of hydrogen-bond donors (Lipinski definition) is 0. The van der Waals surface area contributed by atoms with Crippen molar-refractivity contribution >= 4 is 0 Å². The lowest BCUT2D eigenvalue weighted by Gasteiger charge is -2.04. The topological polar surface area (TPSA) is 33.0 Å². The van der Waals surface area contributed by atoms with Gasteiger partial charge in [-0.15, -0.1) is 0 Å². The normalized spacial score (nSPS) is 9.23. The molecule has 0 unspecified atom stereocenters. The van der Waals surface area contributed by atoms with Crippen LogP contribution >= 0.6 is 0 Å². The van der Waals surface area contributed by atoms with Gasteiger partial charge in [-0.1, -0.05) is 12.1 Å². The van der Waals surface area contributed by atoms with Gasteiger partial charge in [-0.2, -0.15) is 5.26 Å². The fraction of sp³-hybridized carbons (Fsp3) is 0.364. The highest BCUT2D eigenvalue weighted by atomic mass is 16.5. The quantitative estimate of drug-likeness (QED) is 0.659. The molecule has 0 spiro atoms. The lowest BCUT2D eigenvalue weighted by molar-refractivity contribution is 0.312. The van der Waals surface area contributed by atoms with E-state index >= 15 is 0 Å². The Bertz CT molecular complexity index is 301. The summed E-state index contributed by atoms with van der Waals surface area (Å²) >= 11 is 0. The minimum Gasteiger partial charge on any atom is -0.494 e. The predicted molar refractivity (Wildman–Crippen MR) is 51.5 cm³/mol. The molecule has 0 bridgehead atoms. The van der Waals surface area contributed by atoms with Crippen molar-refractivity contribution in [1.82, 2.24) is 0 Å². The average Bonchev–Trinajstić information content (AvgIpc) is 2.13. The van der Waals surface area contributed by atoms with E-state index in [0.29, 0.717) is 13.0 Å². The molecule has 0 aromatic heterocycles. The highest BCUT2D eigenvalue weighted by Gasteiger charge is 1.92. The van der Waals surface area contributed by atoms with Gasteiger partial charge in [0.1, 0.15) is 5.75 Å². The molecule has 0 fully saturated rings. The molecule has 0 N–H and O–H groups in total. The molecule has 2 nitrogen and oxygen atoms in total. The molecule has 0 amide bonds. The van der Waals surface area contributed by atoms with Gasteiger partial charge in [0.05, 0.1) is 12.7 Å². The highest BCUT2D eigenvalue weighted by molar-refractivity contribution is 5.27. The summed E-state index contributed by atoms with van der Waals surface area (Å²) in [4.78, 5) is 0. The third kappa shape index (κ3) is 3.62. The molecule has 1 aromatic rings. The van der Waals surface area contributed by atoms with E-state index in [1.165, 1.54) is 5.56 Å². The number of ether oxygens (including phenoxy) is 1. The van der Waals surface area contributed by atoms with Crippen LogP contribution in [0.15, 0.2) is 24.3 Å². The monoisotopic (exact) mass is 175 g/mol. The summed E-state index contributed by atoms with van der Waals surface area (Å²) in [5, 5.41) is 8.30. The van der Waals surface area contributed by atoms with E-state index < -0.39 is 0 Å². The van der Waals surface area contributed by atoms with Gasteiger partial charge >= 0.3 is 0 Å². The second-order valence-corrected chi connectivity index (χ2v) is 2.93. The molecule has 13 heavy (non-hydrogen) atoms. The Morgan fingerprint density at radius 1 is 1.46 bits per heavy atom. The summed E-state index contributed by atoms with van der Waals surface area (Å²) in [6.07, 6.45) is 1.36. The number of aryl methyl sites for hydroxylation is 1. The fourth-order valence-corrected chi connectivity index (χ4v) is 1.05. The molecule has 1 rings (SSSR count). The third-order valence-corrected chi connectivity index (χ3v) is 1.69. The first-order chi connectivity index (χ1) is 6.33. The molecule has 0 radical (unpaired) electrons. The molecule has 0 atom stereocenters. The van der Waals surface area contributed by atoms with Gasteiger partial charge in [0, 0.05) is 6.42 Å². The second-order valence-electron chi connectivity index (χ2n) is 2.93. The van der Waals surface area contributed by atoms with Crippen LogP contribution in [0.2, 0.25) is 0 Å². The molecule has 0 aliphatic rings. The zero-order chi connectivity index (χ0) is 9.52. The maximum absolute atomic E-state index is 8.30. The first-order valence-electron chi connectivity index (χ1n) is 4.39. The predicted octanol–water partition coefficient (Wildman–Crippen LogP) is 2.68. The van der Waals surface area contributed by atoms with Crippen molar-refractivity contribution in [3.63, 3.8) is 0 Å². The van der Waals surface area contributed by atoms with Crippen LogP contribution in [-0.2, 0) is 0 Å². The molecule has 68 valence electrons. The van der Waals surface area contributed by atoms with Crippen LogP contribution in [0.1, 0.15) is 18.4 Å². The highest BCUT2D eigenvalue weighted by Crippen LogP contribution is 2.12. The maximum Gasteiger partial charge on any atom is 0.119 e. The number of benzene rings is 1. The van der Waals surface area contributed by atoms with Crippen molar-refractivity contribution in [3.8, 4) is 11.8 Å². The average molecular weight is 175 g/mol. The molecule has 1 aromatic carbocycles. The van der Waals surface area contributed by atoms with E-state index in [2.05, 4.69) is 6.07 Å². The number of nitriles is 1. The minimum atomic E-state index is 0.561. The Kier molecular flexibility index (Phi) is 3.84. The Morgan fingerprint density at radius 3 is 3.00 bits per heavy atom. The molecular weight excluding hydrogens is 162 g/mol. The van der Waals surface area contributed by atoms with Gasteiger partial charge in [-0.25, -0.2) is 0 Å². The smallest absolute Gasteiger partial charge is 0.119 e. The molecule has 2 heteroatoms. The largest absolute Gasteiger partial charge is 0.494 e. The Hall–Kier alpha value is -1.49. The third-order valence-electron chi connectivity index (χ3n) is 1.69. The lowest BCUT2D eigenvalue weighted by Crippen LogP contribution is -1.96.